The van der Waals surface area contributed by atoms with Crippen molar-refractivity contribution in [3.8, 4) is 0 Å². The Bertz CT molecular complexity index is 864. The number of amides is 2. The third-order valence-electron chi connectivity index (χ3n) is 6.89. The van der Waals surface area contributed by atoms with E-state index in [0.717, 1.165) is 57.6 Å². The van der Waals surface area contributed by atoms with Crippen molar-refractivity contribution >= 4 is 12.0 Å². The van der Waals surface area contributed by atoms with Crippen LogP contribution < -0.4 is 21.5 Å². The van der Waals surface area contributed by atoms with Crippen LogP contribution in [0, 0.1) is 11.8 Å². The minimum atomic E-state index is -4.51. The largest absolute Gasteiger partial charge is 0.446 e. The van der Waals surface area contributed by atoms with Crippen LogP contribution >= 0.6 is 0 Å². The number of carbonyl (C=O) groups excluding carboxylic acids is 2. The van der Waals surface area contributed by atoms with E-state index < -0.39 is 11.9 Å². The molecule has 2 saturated heterocycles. The lowest BCUT2D eigenvalue weighted by molar-refractivity contribution is -0.141. The quantitative estimate of drug-likeness (QED) is 0.455. The van der Waals surface area contributed by atoms with Gasteiger partial charge in [0.2, 0.25) is 5.91 Å². The third kappa shape index (κ3) is 7.52. The van der Waals surface area contributed by atoms with Crippen molar-refractivity contribution in [3.05, 3.63) is 29.6 Å². The number of hydrazine groups is 1. The van der Waals surface area contributed by atoms with Gasteiger partial charge >= 0.3 is 12.3 Å². The van der Waals surface area contributed by atoms with Gasteiger partial charge in [-0.3, -0.25) is 15.2 Å². The van der Waals surface area contributed by atoms with Gasteiger partial charge in [-0.15, -0.1) is 0 Å². The van der Waals surface area contributed by atoms with E-state index in [1.807, 2.05) is 0 Å². The van der Waals surface area contributed by atoms with Crippen molar-refractivity contribution < 1.29 is 32.2 Å². The summed E-state index contributed by atoms with van der Waals surface area (Å²) in [7, 11) is 0. The van der Waals surface area contributed by atoms with E-state index >= 15 is 0 Å². The van der Waals surface area contributed by atoms with Crippen LogP contribution in [0.25, 0.3) is 0 Å². The second-order valence-corrected chi connectivity index (χ2v) is 9.51. The zero-order valence-corrected chi connectivity index (χ0v) is 19.4. The smallest absolute Gasteiger partial charge is 0.433 e. The van der Waals surface area contributed by atoms with Crippen LogP contribution in [0.3, 0.4) is 0 Å². The summed E-state index contributed by atoms with van der Waals surface area (Å²) in [6, 6.07) is 2.25. The molecule has 1 aromatic rings. The molecule has 3 fully saturated rings. The molecule has 9 nitrogen and oxygen atoms in total. The van der Waals surface area contributed by atoms with E-state index in [4.69, 9.17) is 9.47 Å². The van der Waals surface area contributed by atoms with Crippen molar-refractivity contribution in [3.63, 3.8) is 0 Å². The molecule has 2 unspecified atom stereocenters. The van der Waals surface area contributed by atoms with Gasteiger partial charge in [-0.05, 0) is 62.0 Å². The van der Waals surface area contributed by atoms with Crippen molar-refractivity contribution in [1.82, 2.24) is 26.5 Å². The number of alkyl carbamates (subject to hydrolysis) is 1. The molecule has 3 aliphatic rings. The molecule has 4 N–H and O–H groups in total. The van der Waals surface area contributed by atoms with Crippen molar-refractivity contribution in [2.45, 2.75) is 69.4 Å². The molecular weight excluding hydrogens is 467 g/mol. The average molecular weight is 500 g/mol. The minimum absolute atomic E-state index is 0.0592. The predicted octanol–water partition coefficient (Wildman–Crippen LogP) is 2.27. The van der Waals surface area contributed by atoms with Crippen molar-refractivity contribution in [2.24, 2.45) is 11.8 Å². The lowest BCUT2D eigenvalue weighted by atomic mass is 9.96. The standard InChI is InChI=1S/C23H32F3N5O4/c24-23(25,26)19-4-1-15(13-27-19)9-21(32)29-20-11-18(30-31-20)16-2-3-17(10-16)35-22(33)28-12-14-5-7-34-8-6-14/h1,4,13-14,16-18,20,30-31H,2-3,5-12H2,(H,28,33)(H,29,32)/t16-,17+,18?,20?/m1/s1. The van der Waals surface area contributed by atoms with E-state index in [0.29, 0.717) is 30.4 Å². The van der Waals surface area contributed by atoms with Gasteiger partial charge in [0, 0.05) is 32.0 Å². The number of halogens is 3. The summed E-state index contributed by atoms with van der Waals surface area (Å²) in [5, 5.41) is 5.72. The first-order valence-corrected chi connectivity index (χ1v) is 12.1. The maximum absolute atomic E-state index is 12.6. The molecule has 3 heterocycles. The summed E-state index contributed by atoms with van der Waals surface area (Å²) < 4.78 is 48.8. The molecule has 0 spiro atoms. The molecule has 12 heteroatoms. The van der Waals surface area contributed by atoms with Gasteiger partial charge in [0.1, 0.15) is 11.8 Å². The highest BCUT2D eigenvalue weighted by Gasteiger charge is 2.37. The highest BCUT2D eigenvalue weighted by atomic mass is 19.4. The Morgan fingerprint density at radius 3 is 2.63 bits per heavy atom. The Kier molecular flexibility index (Phi) is 8.45. The third-order valence-corrected chi connectivity index (χ3v) is 6.89. The number of nitrogens with one attached hydrogen (secondary N) is 4. The Labute approximate surface area is 201 Å². The van der Waals surface area contributed by atoms with Crippen LogP contribution in [0.2, 0.25) is 0 Å². The molecule has 35 heavy (non-hydrogen) atoms. The summed E-state index contributed by atoms with van der Waals surface area (Å²) in [4.78, 5) is 27.9. The van der Waals surface area contributed by atoms with E-state index in [9.17, 15) is 22.8 Å². The Morgan fingerprint density at radius 1 is 1.11 bits per heavy atom. The maximum Gasteiger partial charge on any atom is 0.433 e. The number of hydrogen-bond donors (Lipinski definition) is 4. The topological polar surface area (TPSA) is 114 Å². The first-order valence-electron chi connectivity index (χ1n) is 12.1. The first-order chi connectivity index (χ1) is 16.8. The number of alkyl halides is 3. The van der Waals surface area contributed by atoms with Gasteiger partial charge in [-0.1, -0.05) is 6.07 Å². The van der Waals surface area contributed by atoms with E-state index in [1.54, 1.807) is 0 Å². The monoisotopic (exact) mass is 499 g/mol. The minimum Gasteiger partial charge on any atom is -0.446 e. The molecule has 2 aliphatic heterocycles. The van der Waals surface area contributed by atoms with Crippen LogP contribution in [0.1, 0.15) is 49.8 Å². The molecule has 1 aliphatic carbocycles. The van der Waals surface area contributed by atoms with E-state index in [2.05, 4.69) is 26.5 Å². The molecule has 2 amide bonds. The van der Waals surface area contributed by atoms with Crippen molar-refractivity contribution in [2.75, 3.05) is 19.8 Å². The Balaban J connectivity index is 1.14. The molecule has 4 atom stereocenters. The first kappa shape index (κ1) is 25.6. The van der Waals surface area contributed by atoms with Crippen molar-refractivity contribution in [1.29, 1.82) is 0 Å². The van der Waals surface area contributed by atoms with Gasteiger partial charge < -0.3 is 20.1 Å². The highest BCUT2D eigenvalue weighted by Crippen LogP contribution is 2.33. The number of carbonyl (C=O) groups is 2. The number of rotatable bonds is 7. The summed E-state index contributed by atoms with van der Waals surface area (Å²) in [6.45, 7) is 2.08. The fourth-order valence-electron chi connectivity index (χ4n) is 4.93. The lowest BCUT2D eigenvalue weighted by Crippen LogP contribution is -2.45. The van der Waals surface area contributed by atoms with Crippen LogP contribution in [0.4, 0.5) is 18.0 Å². The molecule has 4 rings (SSSR count). The number of ether oxygens (including phenoxy) is 2. The molecule has 194 valence electrons. The SMILES string of the molecule is O=C(Cc1ccc(C(F)(F)F)nc1)NC1CC([C@@H]2CC[C@H](OC(=O)NCC3CCOCC3)C2)NN1. The maximum atomic E-state index is 12.6. The molecule has 1 saturated carbocycles. The zero-order chi connectivity index (χ0) is 24.8. The van der Waals surface area contributed by atoms with Gasteiger partial charge in [-0.2, -0.15) is 13.2 Å². The second kappa shape index (κ2) is 11.5. The zero-order valence-electron chi connectivity index (χ0n) is 19.4. The number of aromatic nitrogens is 1. The molecule has 0 aromatic carbocycles. The lowest BCUT2D eigenvalue weighted by Gasteiger charge is -2.22. The number of pyridine rings is 1. The molecule has 1 aromatic heterocycles. The average Bonchev–Trinajstić information content (AvgIpc) is 3.48. The fourth-order valence-corrected chi connectivity index (χ4v) is 4.93. The van der Waals surface area contributed by atoms with Crippen LogP contribution in [0.5, 0.6) is 0 Å². The summed E-state index contributed by atoms with van der Waals surface area (Å²) in [6.07, 6.45) is 0.731. The summed E-state index contributed by atoms with van der Waals surface area (Å²) >= 11 is 0. The Hall–Kier alpha value is -2.44. The van der Waals surface area contributed by atoms with Gasteiger partial charge in [0.25, 0.3) is 0 Å². The predicted molar refractivity (Wildman–Crippen MR) is 119 cm³/mol. The normalized spacial score (nSPS) is 27.5. The van der Waals surface area contributed by atoms with Gasteiger partial charge in [0.05, 0.1) is 12.6 Å². The van der Waals surface area contributed by atoms with Crippen LogP contribution in [0.15, 0.2) is 18.3 Å². The number of hydrogen-bond acceptors (Lipinski definition) is 7. The highest BCUT2D eigenvalue weighted by molar-refractivity contribution is 5.78. The molecule has 0 bridgehead atoms. The summed E-state index contributed by atoms with van der Waals surface area (Å²) in [5.41, 5.74) is 5.70. The Morgan fingerprint density at radius 2 is 1.91 bits per heavy atom. The van der Waals surface area contributed by atoms with E-state index in [1.165, 1.54) is 6.07 Å². The van der Waals surface area contributed by atoms with Gasteiger partial charge in [0.15, 0.2) is 0 Å². The molecule has 0 radical (unpaired) electrons. The van der Waals surface area contributed by atoms with Gasteiger partial charge in [-0.25, -0.2) is 10.2 Å². The second-order valence-electron chi connectivity index (χ2n) is 9.51. The summed E-state index contributed by atoms with van der Waals surface area (Å²) in [5.74, 6) is 0.432. The fraction of sp³-hybridized carbons (Fsp3) is 0.696. The molecular formula is C23H32F3N5O4. The van der Waals surface area contributed by atoms with E-state index in [-0.39, 0.29) is 36.7 Å². The number of nitrogens with zero attached hydrogens (tertiary/aromatic N) is 1. The van der Waals surface area contributed by atoms with Crippen LogP contribution in [-0.4, -0.2) is 55.1 Å². The van der Waals surface area contributed by atoms with Crippen LogP contribution in [-0.2, 0) is 26.9 Å².